The van der Waals surface area contributed by atoms with Crippen LogP contribution in [-0.4, -0.2) is 22.1 Å². The van der Waals surface area contributed by atoms with Crippen molar-refractivity contribution in [3.05, 3.63) is 59.7 Å². The number of aliphatic hydroxyl groups excluding tert-OH is 1. The molecule has 2 N–H and O–H groups in total. The van der Waals surface area contributed by atoms with Gasteiger partial charge in [-0.2, -0.15) is 0 Å². The van der Waals surface area contributed by atoms with Crippen molar-refractivity contribution >= 4 is 5.91 Å². The molecule has 0 saturated carbocycles. The van der Waals surface area contributed by atoms with Gasteiger partial charge in [-0.25, -0.2) is 4.39 Å². The molecular formula is C17H21FN2O2. The maximum atomic E-state index is 13.4. The molecular weight excluding hydrogens is 283 g/mol. The topological polar surface area (TPSA) is 54.3 Å². The van der Waals surface area contributed by atoms with Gasteiger partial charge in [0.05, 0.1) is 6.10 Å². The number of carbonyl (C=O) groups is 1. The van der Waals surface area contributed by atoms with Crippen LogP contribution in [0.25, 0.3) is 0 Å². The SMILES string of the molecule is Cn1cccc1[C@H](O)CCNC(=O)CCc1ccccc1F. The average molecular weight is 304 g/mol. The smallest absolute Gasteiger partial charge is 0.220 e. The Morgan fingerprint density at radius 3 is 2.77 bits per heavy atom. The highest BCUT2D eigenvalue weighted by Gasteiger charge is 2.11. The van der Waals surface area contributed by atoms with E-state index in [1.807, 2.05) is 29.9 Å². The standard InChI is InChI=1S/C17H21FN2O2/c1-20-12-4-7-15(20)16(21)10-11-19-17(22)9-8-13-5-2-3-6-14(13)18/h2-7,12,16,21H,8-11H2,1H3,(H,19,22)/t16-/m1/s1. The van der Waals surface area contributed by atoms with Gasteiger partial charge in [0.2, 0.25) is 5.91 Å². The molecule has 0 saturated heterocycles. The number of hydrogen-bond donors (Lipinski definition) is 2. The molecule has 0 aliphatic heterocycles. The summed E-state index contributed by atoms with van der Waals surface area (Å²) in [5.41, 5.74) is 1.36. The van der Waals surface area contributed by atoms with Gasteiger partial charge in [-0.15, -0.1) is 0 Å². The third-order valence-corrected chi connectivity index (χ3v) is 3.64. The van der Waals surface area contributed by atoms with Gasteiger partial charge >= 0.3 is 0 Å². The number of aromatic nitrogens is 1. The molecule has 0 radical (unpaired) electrons. The number of carbonyl (C=O) groups excluding carboxylic acids is 1. The van der Waals surface area contributed by atoms with E-state index in [1.165, 1.54) is 6.07 Å². The fourth-order valence-electron chi connectivity index (χ4n) is 2.35. The molecule has 0 spiro atoms. The van der Waals surface area contributed by atoms with Gasteiger partial charge in [-0.05, 0) is 36.6 Å². The normalized spacial score (nSPS) is 12.1. The van der Waals surface area contributed by atoms with Crippen LogP contribution in [0.2, 0.25) is 0 Å². The summed E-state index contributed by atoms with van der Waals surface area (Å²) in [5.74, 6) is -0.420. The van der Waals surface area contributed by atoms with E-state index in [-0.39, 0.29) is 18.1 Å². The van der Waals surface area contributed by atoms with Crippen molar-refractivity contribution in [1.29, 1.82) is 0 Å². The summed E-state index contributed by atoms with van der Waals surface area (Å²) in [6.45, 7) is 0.391. The molecule has 5 heteroatoms. The lowest BCUT2D eigenvalue weighted by Crippen LogP contribution is -2.26. The minimum Gasteiger partial charge on any atom is -0.387 e. The highest BCUT2D eigenvalue weighted by Crippen LogP contribution is 2.15. The van der Waals surface area contributed by atoms with Crippen molar-refractivity contribution in [2.45, 2.75) is 25.4 Å². The van der Waals surface area contributed by atoms with Crippen molar-refractivity contribution in [2.75, 3.05) is 6.54 Å². The first-order chi connectivity index (χ1) is 10.6. The van der Waals surface area contributed by atoms with Crippen LogP contribution in [0.1, 0.15) is 30.2 Å². The Bertz CT molecular complexity index is 625. The average Bonchev–Trinajstić information content (AvgIpc) is 2.92. The van der Waals surface area contributed by atoms with E-state index in [9.17, 15) is 14.3 Å². The summed E-state index contributed by atoms with van der Waals surface area (Å²) in [5, 5.41) is 12.8. The molecule has 2 rings (SSSR count). The molecule has 0 fully saturated rings. The second-order valence-electron chi connectivity index (χ2n) is 5.29. The first-order valence-corrected chi connectivity index (χ1v) is 7.37. The largest absolute Gasteiger partial charge is 0.387 e. The number of halogens is 1. The number of benzene rings is 1. The van der Waals surface area contributed by atoms with Gasteiger partial charge in [-0.3, -0.25) is 4.79 Å². The van der Waals surface area contributed by atoms with Crippen molar-refractivity contribution in [1.82, 2.24) is 9.88 Å². The molecule has 118 valence electrons. The van der Waals surface area contributed by atoms with E-state index in [2.05, 4.69) is 5.32 Å². The van der Waals surface area contributed by atoms with Gasteiger partial charge in [0, 0.05) is 31.9 Å². The Morgan fingerprint density at radius 1 is 1.32 bits per heavy atom. The summed E-state index contributed by atoms with van der Waals surface area (Å²) >= 11 is 0. The molecule has 0 aliphatic rings. The molecule has 0 aliphatic carbocycles. The van der Waals surface area contributed by atoms with Crippen LogP contribution in [0.5, 0.6) is 0 Å². The molecule has 1 aromatic carbocycles. The Balaban J connectivity index is 1.70. The number of rotatable bonds is 7. The third kappa shape index (κ3) is 4.43. The number of nitrogens with zero attached hydrogens (tertiary/aromatic N) is 1. The van der Waals surface area contributed by atoms with Crippen LogP contribution >= 0.6 is 0 Å². The molecule has 1 atom stereocenters. The van der Waals surface area contributed by atoms with Gasteiger partial charge in [0.25, 0.3) is 0 Å². The van der Waals surface area contributed by atoms with Crippen LogP contribution < -0.4 is 5.32 Å². The molecule has 4 nitrogen and oxygen atoms in total. The van der Waals surface area contributed by atoms with Gasteiger partial charge in [-0.1, -0.05) is 18.2 Å². The maximum absolute atomic E-state index is 13.4. The Hall–Kier alpha value is -2.14. The minimum absolute atomic E-state index is 0.137. The predicted octanol–water partition coefficient (Wildman–Crippen LogP) is 2.34. The molecule has 2 aromatic rings. The number of aliphatic hydroxyl groups is 1. The van der Waals surface area contributed by atoms with Gasteiger partial charge in [0.15, 0.2) is 0 Å². The molecule has 0 bridgehead atoms. The lowest BCUT2D eigenvalue weighted by molar-refractivity contribution is -0.121. The second kappa shape index (κ2) is 7.75. The first-order valence-electron chi connectivity index (χ1n) is 7.37. The summed E-state index contributed by atoms with van der Waals surface area (Å²) in [6, 6.07) is 10.2. The first kappa shape index (κ1) is 16.2. The molecule has 1 heterocycles. The van der Waals surface area contributed by atoms with E-state index in [1.54, 1.807) is 18.2 Å². The zero-order valence-corrected chi connectivity index (χ0v) is 12.6. The highest BCUT2D eigenvalue weighted by molar-refractivity contribution is 5.76. The zero-order chi connectivity index (χ0) is 15.9. The van der Waals surface area contributed by atoms with Gasteiger partial charge in [0.1, 0.15) is 5.82 Å². The number of hydrogen-bond acceptors (Lipinski definition) is 2. The quantitative estimate of drug-likeness (QED) is 0.825. The van der Waals surface area contributed by atoms with Crippen LogP contribution in [0, 0.1) is 5.82 Å². The summed E-state index contributed by atoms with van der Waals surface area (Å²) in [4.78, 5) is 11.7. The summed E-state index contributed by atoms with van der Waals surface area (Å²) in [6.07, 6.45) is 2.32. The minimum atomic E-state index is -0.605. The van der Waals surface area contributed by atoms with Crippen molar-refractivity contribution in [3.8, 4) is 0 Å². The van der Waals surface area contributed by atoms with E-state index in [4.69, 9.17) is 0 Å². The van der Waals surface area contributed by atoms with Crippen LogP contribution in [0.4, 0.5) is 4.39 Å². The van der Waals surface area contributed by atoms with Gasteiger partial charge < -0.3 is 15.0 Å². The Labute approximate surface area is 129 Å². The number of nitrogens with one attached hydrogen (secondary N) is 1. The highest BCUT2D eigenvalue weighted by atomic mass is 19.1. The Morgan fingerprint density at radius 2 is 2.09 bits per heavy atom. The molecule has 22 heavy (non-hydrogen) atoms. The fourth-order valence-corrected chi connectivity index (χ4v) is 2.35. The van der Waals surface area contributed by atoms with E-state index >= 15 is 0 Å². The van der Waals surface area contributed by atoms with E-state index < -0.39 is 6.10 Å². The predicted molar refractivity (Wildman–Crippen MR) is 82.7 cm³/mol. The Kier molecular flexibility index (Phi) is 5.72. The maximum Gasteiger partial charge on any atom is 0.220 e. The van der Waals surface area contributed by atoms with Crippen molar-refractivity contribution < 1.29 is 14.3 Å². The lowest BCUT2D eigenvalue weighted by atomic mass is 10.1. The zero-order valence-electron chi connectivity index (χ0n) is 12.6. The molecule has 1 amide bonds. The van der Waals surface area contributed by atoms with Crippen molar-refractivity contribution in [2.24, 2.45) is 7.05 Å². The number of aryl methyl sites for hydroxylation is 2. The fraction of sp³-hybridized carbons (Fsp3) is 0.353. The second-order valence-corrected chi connectivity index (χ2v) is 5.29. The van der Waals surface area contributed by atoms with Crippen LogP contribution in [-0.2, 0) is 18.3 Å². The van der Waals surface area contributed by atoms with Crippen molar-refractivity contribution in [3.63, 3.8) is 0 Å². The van der Waals surface area contributed by atoms with E-state index in [0.717, 1.165) is 5.69 Å². The van der Waals surface area contributed by atoms with E-state index in [0.29, 0.717) is 24.9 Å². The lowest BCUT2D eigenvalue weighted by Gasteiger charge is -2.12. The monoisotopic (exact) mass is 304 g/mol. The van der Waals surface area contributed by atoms with Crippen LogP contribution in [0.15, 0.2) is 42.6 Å². The third-order valence-electron chi connectivity index (χ3n) is 3.64. The molecule has 0 unspecified atom stereocenters. The molecule has 1 aromatic heterocycles. The number of amides is 1. The summed E-state index contributed by atoms with van der Waals surface area (Å²) < 4.78 is 15.3. The summed E-state index contributed by atoms with van der Waals surface area (Å²) in [7, 11) is 1.87. The van der Waals surface area contributed by atoms with Crippen LogP contribution in [0.3, 0.4) is 0 Å².